The molecule has 4 N–H and O–H groups in total. The summed E-state index contributed by atoms with van der Waals surface area (Å²) < 4.78 is 32.7. The third-order valence-corrected chi connectivity index (χ3v) is 5.83. The number of anilines is 2. The van der Waals surface area contributed by atoms with Gasteiger partial charge in [-0.3, -0.25) is 5.41 Å². The van der Waals surface area contributed by atoms with Gasteiger partial charge in [-0.2, -0.15) is 0 Å². The molecule has 1 aromatic carbocycles. The first-order chi connectivity index (χ1) is 12.9. The molecule has 1 aliphatic carbocycles. The van der Waals surface area contributed by atoms with Gasteiger partial charge in [-0.05, 0) is 50.8 Å². The lowest BCUT2D eigenvalue weighted by Gasteiger charge is -2.24. The average molecular weight is 375 g/mol. The van der Waals surface area contributed by atoms with Gasteiger partial charge < -0.3 is 20.5 Å². The number of benzene rings is 1. The van der Waals surface area contributed by atoms with E-state index in [1.165, 1.54) is 0 Å². The zero-order valence-electron chi connectivity index (χ0n) is 15.9. The highest BCUT2D eigenvalue weighted by molar-refractivity contribution is 5.95. The molecule has 2 heterocycles. The predicted octanol–water partition coefficient (Wildman–Crippen LogP) is 3.06. The van der Waals surface area contributed by atoms with Gasteiger partial charge in [0.15, 0.2) is 11.6 Å². The van der Waals surface area contributed by atoms with E-state index in [1.807, 2.05) is 17.7 Å². The van der Waals surface area contributed by atoms with Crippen LogP contribution >= 0.6 is 0 Å². The highest BCUT2D eigenvalue weighted by atomic mass is 19.1. The van der Waals surface area contributed by atoms with Gasteiger partial charge in [0, 0.05) is 25.3 Å². The number of aryl methyl sites for hydroxylation is 1. The Hall–Kier alpha value is -2.15. The molecule has 1 atom stereocenters. The highest BCUT2D eigenvalue weighted by Crippen LogP contribution is 2.42. The Morgan fingerprint density at radius 1 is 1.26 bits per heavy atom. The first kappa shape index (κ1) is 18.2. The molecule has 146 valence electrons. The second-order valence-electron chi connectivity index (χ2n) is 7.85. The summed E-state index contributed by atoms with van der Waals surface area (Å²) in [5.74, 6) is -0.951. The zero-order chi connectivity index (χ0) is 19.3. The van der Waals surface area contributed by atoms with Crippen molar-refractivity contribution < 1.29 is 8.78 Å². The predicted molar refractivity (Wildman–Crippen MR) is 104 cm³/mol. The third kappa shape index (κ3) is 2.98. The van der Waals surface area contributed by atoms with Gasteiger partial charge in [-0.15, -0.1) is 0 Å². The van der Waals surface area contributed by atoms with Gasteiger partial charge in [0.1, 0.15) is 5.69 Å². The molecule has 1 aliphatic heterocycles. The Bertz CT molecular complexity index is 948. The molecule has 0 bridgehead atoms. The quantitative estimate of drug-likeness (QED) is 0.704. The number of pyridine rings is 1. The molecule has 1 saturated carbocycles. The molecular formula is C20H27F2N5. The lowest BCUT2D eigenvalue weighted by molar-refractivity contribution is 0.525. The van der Waals surface area contributed by atoms with Gasteiger partial charge >= 0.3 is 0 Å². The van der Waals surface area contributed by atoms with Crippen LogP contribution in [0.1, 0.15) is 37.8 Å². The van der Waals surface area contributed by atoms with Crippen molar-refractivity contribution in [3.63, 3.8) is 0 Å². The number of rotatable bonds is 5. The van der Waals surface area contributed by atoms with Crippen LogP contribution in [-0.2, 0) is 0 Å². The number of nitrogens with zero attached hydrogens (tertiary/aromatic N) is 2. The van der Waals surface area contributed by atoms with Crippen molar-refractivity contribution in [1.29, 1.82) is 5.41 Å². The molecule has 2 fully saturated rings. The fourth-order valence-corrected chi connectivity index (χ4v) is 4.18. The van der Waals surface area contributed by atoms with E-state index >= 15 is 8.78 Å². The Kier molecular flexibility index (Phi) is 4.58. The van der Waals surface area contributed by atoms with E-state index in [9.17, 15) is 0 Å². The number of nitrogens with two attached hydrogens (primary N) is 1. The molecular weight excluding hydrogens is 348 g/mol. The van der Waals surface area contributed by atoms with E-state index in [0.717, 1.165) is 32.4 Å². The van der Waals surface area contributed by atoms with E-state index in [1.54, 1.807) is 11.8 Å². The minimum atomic E-state index is -0.731. The maximum Gasteiger partial charge on any atom is 0.173 e. The van der Waals surface area contributed by atoms with Crippen LogP contribution in [0.25, 0.3) is 10.9 Å². The fraction of sp³-hybridized carbons (Fsp3) is 0.550. The molecule has 27 heavy (non-hydrogen) atoms. The van der Waals surface area contributed by atoms with Crippen LogP contribution in [0.15, 0.2) is 6.20 Å². The van der Waals surface area contributed by atoms with Crippen molar-refractivity contribution in [3.8, 4) is 0 Å². The third-order valence-electron chi connectivity index (χ3n) is 5.83. The fourth-order valence-electron chi connectivity index (χ4n) is 4.18. The number of aromatic nitrogens is 1. The largest absolute Gasteiger partial charge is 0.396 e. The first-order valence-corrected chi connectivity index (χ1v) is 9.76. The van der Waals surface area contributed by atoms with E-state index in [2.05, 4.69) is 5.32 Å². The zero-order valence-corrected chi connectivity index (χ0v) is 15.9. The SMILES string of the molecule is CCNCC1CCN(c2c(F)c(N)c3c(=N)c(C)cn(C4CC4)c3c2F)C1. The molecule has 0 spiro atoms. The summed E-state index contributed by atoms with van der Waals surface area (Å²) in [6.07, 6.45) is 4.64. The van der Waals surface area contributed by atoms with Crippen molar-refractivity contribution in [2.75, 3.05) is 36.8 Å². The molecule has 1 unspecified atom stereocenters. The minimum Gasteiger partial charge on any atom is -0.396 e. The standard InChI is InChI=1S/C20H27F2N5/c1-3-25-8-12-6-7-26(10-12)20-15(21)18(24)14-17(23)11(2)9-27(13-4-5-13)19(14)16(20)22/h9,12-13,23,25H,3-8,10,24H2,1-2H3. The van der Waals surface area contributed by atoms with Crippen molar-refractivity contribution >= 4 is 22.3 Å². The van der Waals surface area contributed by atoms with E-state index in [-0.39, 0.29) is 33.7 Å². The van der Waals surface area contributed by atoms with Crippen LogP contribution < -0.4 is 21.3 Å². The maximum atomic E-state index is 15.6. The van der Waals surface area contributed by atoms with Crippen molar-refractivity contribution in [2.24, 2.45) is 5.92 Å². The lowest BCUT2D eigenvalue weighted by Crippen LogP contribution is -2.28. The van der Waals surface area contributed by atoms with Gasteiger partial charge in [-0.1, -0.05) is 6.92 Å². The number of nitrogen functional groups attached to an aromatic ring is 1. The second-order valence-corrected chi connectivity index (χ2v) is 7.85. The lowest BCUT2D eigenvalue weighted by atomic mass is 10.1. The molecule has 4 rings (SSSR count). The molecule has 2 aliphatic rings. The molecule has 1 saturated heterocycles. The topological polar surface area (TPSA) is 70.1 Å². The molecule has 1 aromatic heterocycles. The van der Waals surface area contributed by atoms with Crippen LogP contribution in [0.5, 0.6) is 0 Å². The Morgan fingerprint density at radius 3 is 2.67 bits per heavy atom. The summed E-state index contributed by atoms with van der Waals surface area (Å²) in [6.45, 7) is 6.78. The summed E-state index contributed by atoms with van der Waals surface area (Å²) in [6, 6.07) is 0.207. The number of hydrogen-bond acceptors (Lipinski definition) is 4. The Balaban J connectivity index is 1.87. The number of fused-ring (bicyclic) bond motifs is 1. The van der Waals surface area contributed by atoms with Gasteiger partial charge in [0.2, 0.25) is 0 Å². The van der Waals surface area contributed by atoms with Crippen molar-refractivity contribution in [3.05, 3.63) is 28.8 Å². The summed E-state index contributed by atoms with van der Waals surface area (Å²) in [5.41, 5.74) is 6.93. The minimum absolute atomic E-state index is 0.0309. The van der Waals surface area contributed by atoms with Crippen LogP contribution in [0, 0.1) is 29.9 Å². The normalized spacial score (nSPS) is 20.0. The van der Waals surface area contributed by atoms with Crippen molar-refractivity contribution in [2.45, 2.75) is 39.2 Å². The molecule has 7 heteroatoms. The second kappa shape index (κ2) is 6.78. The average Bonchev–Trinajstić information content (AvgIpc) is 3.39. The summed E-state index contributed by atoms with van der Waals surface area (Å²) >= 11 is 0. The maximum absolute atomic E-state index is 15.6. The molecule has 0 amide bonds. The van der Waals surface area contributed by atoms with Crippen LogP contribution in [0.2, 0.25) is 0 Å². The first-order valence-electron chi connectivity index (χ1n) is 9.76. The van der Waals surface area contributed by atoms with Crippen molar-refractivity contribution in [1.82, 2.24) is 9.88 Å². The summed E-state index contributed by atoms with van der Waals surface area (Å²) in [4.78, 5) is 1.78. The monoisotopic (exact) mass is 375 g/mol. The number of nitrogens with one attached hydrogen (secondary N) is 2. The van der Waals surface area contributed by atoms with Crippen LogP contribution in [0.4, 0.5) is 20.2 Å². The molecule has 5 nitrogen and oxygen atoms in total. The molecule has 2 aromatic rings. The Labute approximate surface area is 157 Å². The van der Waals surface area contributed by atoms with E-state index in [4.69, 9.17) is 11.1 Å². The van der Waals surface area contributed by atoms with Crippen LogP contribution in [0.3, 0.4) is 0 Å². The highest BCUT2D eigenvalue weighted by Gasteiger charge is 2.33. The number of halogens is 2. The van der Waals surface area contributed by atoms with Gasteiger partial charge in [-0.25, -0.2) is 8.78 Å². The smallest absolute Gasteiger partial charge is 0.173 e. The van der Waals surface area contributed by atoms with Gasteiger partial charge in [0.25, 0.3) is 0 Å². The van der Waals surface area contributed by atoms with E-state index in [0.29, 0.717) is 24.6 Å². The molecule has 0 radical (unpaired) electrons. The summed E-state index contributed by atoms with van der Waals surface area (Å²) in [7, 11) is 0. The van der Waals surface area contributed by atoms with Crippen LogP contribution in [-0.4, -0.2) is 30.7 Å². The van der Waals surface area contributed by atoms with E-state index < -0.39 is 11.6 Å². The number of hydrogen-bond donors (Lipinski definition) is 3. The van der Waals surface area contributed by atoms with Gasteiger partial charge in [0.05, 0.1) is 21.9 Å². The summed E-state index contributed by atoms with van der Waals surface area (Å²) in [5, 5.41) is 11.9. The Morgan fingerprint density at radius 2 is 2.00 bits per heavy atom.